The number of aromatic nitrogens is 4. The van der Waals surface area contributed by atoms with Crippen LogP contribution in [0.4, 0.5) is 0 Å². The molecule has 0 radical (unpaired) electrons. The van der Waals surface area contributed by atoms with E-state index in [1.165, 1.54) is 38.2 Å². The molecule has 218 valence electrons. The predicted molar refractivity (Wildman–Crippen MR) is 194 cm³/mol. The van der Waals surface area contributed by atoms with Crippen LogP contribution >= 0.6 is 0 Å². The van der Waals surface area contributed by atoms with Gasteiger partial charge in [-0.2, -0.15) is 0 Å². The summed E-state index contributed by atoms with van der Waals surface area (Å²) in [5.74, 6) is 1.96. The van der Waals surface area contributed by atoms with Gasteiger partial charge in [-0.15, -0.1) is 0 Å². The van der Waals surface area contributed by atoms with Gasteiger partial charge in [0.05, 0.1) is 11.0 Å². The molecule has 0 fully saturated rings. The van der Waals surface area contributed by atoms with E-state index in [4.69, 9.17) is 15.0 Å². The van der Waals surface area contributed by atoms with Crippen LogP contribution in [-0.2, 0) is 0 Å². The third-order valence-corrected chi connectivity index (χ3v) is 9.35. The van der Waals surface area contributed by atoms with Crippen LogP contribution in [0, 0.1) is 0 Å². The van der Waals surface area contributed by atoms with Crippen molar-refractivity contribution in [2.24, 2.45) is 0 Å². The lowest BCUT2D eigenvalue weighted by Gasteiger charge is -2.14. The van der Waals surface area contributed by atoms with Gasteiger partial charge in [-0.05, 0) is 63.0 Å². The molecule has 47 heavy (non-hydrogen) atoms. The lowest BCUT2D eigenvalue weighted by Crippen LogP contribution is -2.01. The number of hydrogen-bond donors (Lipinski definition) is 0. The van der Waals surface area contributed by atoms with Gasteiger partial charge in [0, 0.05) is 33.2 Å². The van der Waals surface area contributed by atoms with Gasteiger partial charge in [0.1, 0.15) is 0 Å². The van der Waals surface area contributed by atoms with E-state index in [-0.39, 0.29) is 0 Å². The van der Waals surface area contributed by atoms with Crippen LogP contribution in [0.15, 0.2) is 146 Å². The lowest BCUT2D eigenvalue weighted by molar-refractivity contribution is 1.08. The first kappa shape index (κ1) is 25.9. The highest BCUT2D eigenvalue weighted by Crippen LogP contribution is 2.45. The van der Waals surface area contributed by atoms with E-state index in [1.54, 1.807) is 0 Å². The summed E-state index contributed by atoms with van der Waals surface area (Å²) in [6, 6.07) is 51.1. The van der Waals surface area contributed by atoms with Crippen molar-refractivity contribution >= 4 is 55.5 Å². The topological polar surface area (TPSA) is 43.6 Å². The van der Waals surface area contributed by atoms with Crippen LogP contribution < -0.4 is 0 Å². The van der Waals surface area contributed by atoms with Crippen molar-refractivity contribution in [1.29, 1.82) is 0 Å². The second-order valence-electron chi connectivity index (χ2n) is 12.1. The lowest BCUT2D eigenvalue weighted by atomic mass is 9.95. The van der Waals surface area contributed by atoms with Gasteiger partial charge in [-0.3, -0.25) is 0 Å². The Labute approximate surface area is 270 Å². The fraction of sp³-hybridized carbons (Fsp3) is 0. The van der Waals surface area contributed by atoms with E-state index in [0.29, 0.717) is 17.5 Å². The maximum atomic E-state index is 5.24. The van der Waals surface area contributed by atoms with E-state index in [2.05, 4.69) is 144 Å². The molecule has 0 bridgehead atoms. The summed E-state index contributed by atoms with van der Waals surface area (Å²) in [7, 11) is 0. The zero-order chi connectivity index (χ0) is 30.9. The normalized spacial score (nSPS) is 12.2. The molecule has 0 saturated heterocycles. The van der Waals surface area contributed by atoms with Gasteiger partial charge >= 0.3 is 0 Å². The summed E-state index contributed by atoms with van der Waals surface area (Å²) in [6.07, 6.45) is 4.50. The third-order valence-electron chi connectivity index (χ3n) is 9.35. The molecule has 0 aliphatic heterocycles. The molecular formula is C43H26N4. The fourth-order valence-electron chi connectivity index (χ4n) is 7.23. The van der Waals surface area contributed by atoms with Crippen LogP contribution in [-0.4, -0.2) is 19.5 Å². The Morgan fingerprint density at radius 3 is 1.87 bits per heavy atom. The Balaban J connectivity index is 1.33. The molecule has 0 amide bonds. The molecule has 4 nitrogen and oxygen atoms in total. The summed E-state index contributed by atoms with van der Waals surface area (Å²) in [5, 5.41) is 7.20. The van der Waals surface area contributed by atoms with Crippen LogP contribution in [0.1, 0.15) is 11.1 Å². The van der Waals surface area contributed by atoms with Crippen LogP contribution in [0.3, 0.4) is 0 Å². The molecule has 7 aromatic carbocycles. The predicted octanol–water partition coefficient (Wildman–Crippen LogP) is 10.8. The monoisotopic (exact) mass is 598 g/mol. The molecule has 0 atom stereocenters. The molecule has 9 aromatic rings. The third kappa shape index (κ3) is 3.98. The van der Waals surface area contributed by atoms with E-state index < -0.39 is 0 Å². The Kier molecular flexibility index (Phi) is 5.54. The highest BCUT2D eigenvalue weighted by molar-refractivity contribution is 6.28. The molecule has 0 saturated carbocycles. The second kappa shape index (κ2) is 10.1. The Bertz CT molecular complexity index is 2720. The number of para-hydroxylation sites is 1. The Morgan fingerprint density at radius 2 is 1.06 bits per heavy atom. The maximum absolute atomic E-state index is 5.24. The quantitative estimate of drug-likeness (QED) is 0.202. The van der Waals surface area contributed by atoms with E-state index in [1.807, 2.05) is 18.2 Å². The first-order valence-electron chi connectivity index (χ1n) is 15.9. The summed E-state index contributed by atoms with van der Waals surface area (Å²) in [6.45, 7) is 0. The number of nitrogens with zero attached hydrogens (tertiary/aromatic N) is 4. The molecule has 2 heterocycles. The average molecular weight is 599 g/mol. The van der Waals surface area contributed by atoms with Crippen molar-refractivity contribution in [2.45, 2.75) is 0 Å². The molecule has 1 aliphatic rings. The standard InChI is InChI=1S/C43H26N4/c1-3-12-30(13-4-1)41-44-42(32-24-21-27-11-7-8-14-31(27)25-32)46-43(45-41)35-26-37-40-38-28(15-9-19-34(35)38)22-23-29-16-10-20-36(39(29)40)47(37)33-17-5-2-6-18-33/h1-26H. The summed E-state index contributed by atoms with van der Waals surface area (Å²) in [4.78, 5) is 15.5. The van der Waals surface area contributed by atoms with Crippen LogP contribution in [0.5, 0.6) is 0 Å². The summed E-state index contributed by atoms with van der Waals surface area (Å²) < 4.78 is 2.39. The Morgan fingerprint density at radius 1 is 0.404 bits per heavy atom. The van der Waals surface area contributed by atoms with Crippen molar-refractivity contribution in [2.75, 3.05) is 0 Å². The largest absolute Gasteiger partial charge is 0.309 e. The summed E-state index contributed by atoms with van der Waals surface area (Å²) in [5.41, 5.74) is 8.73. The second-order valence-corrected chi connectivity index (χ2v) is 12.1. The SMILES string of the molecule is C1=Cc2cccc3c2c2c4c1cccc4c(-c1nc(-c4ccccc4)nc(-c4ccc5ccccc5c4)n1)cc2n3-c1ccccc1. The molecule has 1 aliphatic carbocycles. The minimum atomic E-state index is 0.651. The minimum Gasteiger partial charge on any atom is -0.309 e. The highest BCUT2D eigenvalue weighted by Gasteiger charge is 2.23. The molecular weight excluding hydrogens is 573 g/mol. The fourth-order valence-corrected chi connectivity index (χ4v) is 7.23. The van der Waals surface area contributed by atoms with Gasteiger partial charge in [-0.25, -0.2) is 15.0 Å². The number of hydrogen-bond acceptors (Lipinski definition) is 3. The Hall–Kier alpha value is -6.39. The number of benzene rings is 7. The van der Waals surface area contributed by atoms with Gasteiger partial charge < -0.3 is 4.57 Å². The zero-order valence-corrected chi connectivity index (χ0v) is 25.3. The van der Waals surface area contributed by atoms with E-state index in [0.717, 1.165) is 38.7 Å². The van der Waals surface area contributed by atoms with Crippen molar-refractivity contribution in [3.05, 3.63) is 157 Å². The first-order valence-corrected chi connectivity index (χ1v) is 15.9. The highest BCUT2D eigenvalue weighted by atomic mass is 15.0. The molecule has 4 heteroatoms. The van der Waals surface area contributed by atoms with Crippen molar-refractivity contribution in [1.82, 2.24) is 19.5 Å². The molecule has 0 spiro atoms. The van der Waals surface area contributed by atoms with Crippen LogP contribution in [0.25, 0.3) is 95.4 Å². The van der Waals surface area contributed by atoms with Gasteiger partial charge in [0.2, 0.25) is 0 Å². The molecule has 0 N–H and O–H groups in total. The summed E-state index contributed by atoms with van der Waals surface area (Å²) >= 11 is 0. The zero-order valence-electron chi connectivity index (χ0n) is 25.3. The van der Waals surface area contributed by atoms with Gasteiger partial charge in [0.15, 0.2) is 17.5 Å². The number of rotatable bonds is 4. The average Bonchev–Trinajstić information content (AvgIpc) is 3.38. The van der Waals surface area contributed by atoms with Crippen LogP contribution in [0.2, 0.25) is 0 Å². The maximum Gasteiger partial charge on any atom is 0.164 e. The van der Waals surface area contributed by atoms with Gasteiger partial charge in [0.25, 0.3) is 0 Å². The van der Waals surface area contributed by atoms with Crippen molar-refractivity contribution < 1.29 is 0 Å². The number of fused-ring (bicyclic) bond motifs is 1. The van der Waals surface area contributed by atoms with Crippen molar-refractivity contribution in [3.63, 3.8) is 0 Å². The van der Waals surface area contributed by atoms with Crippen molar-refractivity contribution in [3.8, 4) is 39.9 Å². The molecule has 0 unspecified atom stereocenters. The first-order chi connectivity index (χ1) is 23.3. The minimum absolute atomic E-state index is 0.651. The van der Waals surface area contributed by atoms with Gasteiger partial charge in [-0.1, -0.05) is 127 Å². The van der Waals surface area contributed by atoms with E-state index in [9.17, 15) is 0 Å². The molecule has 2 aromatic heterocycles. The van der Waals surface area contributed by atoms with E-state index >= 15 is 0 Å². The smallest absolute Gasteiger partial charge is 0.164 e. The molecule has 10 rings (SSSR count).